The van der Waals surface area contributed by atoms with Gasteiger partial charge in [0.15, 0.2) is 0 Å². The molecule has 0 radical (unpaired) electrons. The first-order valence-corrected chi connectivity index (χ1v) is 10.8. The number of hydrazine groups is 1. The number of amides is 3. The molecular weight excluding hydrogens is 520 g/mol. The Labute approximate surface area is 212 Å². The van der Waals surface area contributed by atoms with Crippen LogP contribution in [0.4, 0.5) is 9.18 Å². The van der Waals surface area contributed by atoms with E-state index in [1.165, 1.54) is 31.5 Å². The molecule has 3 heterocycles. The Morgan fingerprint density at radius 2 is 1.92 bits per heavy atom. The summed E-state index contributed by atoms with van der Waals surface area (Å²) in [5.74, 6) is -1.05. The van der Waals surface area contributed by atoms with E-state index in [1.807, 2.05) is 0 Å². The number of pyridine rings is 1. The van der Waals surface area contributed by atoms with Crippen molar-refractivity contribution in [1.29, 1.82) is 0 Å². The summed E-state index contributed by atoms with van der Waals surface area (Å²) in [5.41, 5.74) is 5.30. The number of aromatic nitrogens is 4. The van der Waals surface area contributed by atoms with Gasteiger partial charge in [-0.1, -0.05) is 28.4 Å². The van der Waals surface area contributed by atoms with E-state index in [0.29, 0.717) is 27.6 Å². The SMILES string of the molecule is COc1cc(C(=O)NNC(=O)NCc2ncc(-c3cc(Cl)cc(Cl)c3-c3noc(C)n3)cc2F)on1. The zero-order chi connectivity index (χ0) is 25.8. The van der Waals surface area contributed by atoms with Gasteiger partial charge < -0.3 is 19.1 Å². The molecule has 3 N–H and O–H groups in total. The smallest absolute Gasteiger partial charge is 0.333 e. The first-order valence-electron chi connectivity index (χ1n) is 10.0. The minimum atomic E-state index is -0.823. The van der Waals surface area contributed by atoms with E-state index in [2.05, 4.69) is 36.4 Å². The molecule has 4 rings (SSSR count). The summed E-state index contributed by atoms with van der Waals surface area (Å²) in [6.07, 6.45) is 1.38. The zero-order valence-corrected chi connectivity index (χ0v) is 20.1. The average molecular weight is 536 g/mol. The molecule has 12 nitrogen and oxygen atoms in total. The van der Waals surface area contributed by atoms with Crippen LogP contribution in [0.1, 0.15) is 22.1 Å². The van der Waals surface area contributed by atoms with E-state index in [4.69, 9.17) is 37.0 Å². The van der Waals surface area contributed by atoms with Gasteiger partial charge in [0, 0.05) is 29.3 Å². The number of hydrogen-bond acceptors (Lipinski definition) is 9. The molecule has 0 aliphatic carbocycles. The summed E-state index contributed by atoms with van der Waals surface area (Å²) in [7, 11) is 1.35. The monoisotopic (exact) mass is 535 g/mol. The van der Waals surface area contributed by atoms with Crippen molar-refractivity contribution in [3.05, 3.63) is 63.7 Å². The summed E-state index contributed by atoms with van der Waals surface area (Å²) in [5, 5.41) is 10.3. The Kier molecular flexibility index (Phi) is 7.31. The third kappa shape index (κ3) is 5.53. The van der Waals surface area contributed by atoms with Crippen molar-refractivity contribution < 1.29 is 27.8 Å². The Balaban J connectivity index is 1.44. The van der Waals surface area contributed by atoms with Crippen LogP contribution in [0, 0.1) is 12.7 Å². The van der Waals surface area contributed by atoms with Crippen molar-refractivity contribution in [2.45, 2.75) is 13.5 Å². The average Bonchev–Trinajstić information content (AvgIpc) is 3.50. The number of carbonyl (C=O) groups is 2. The van der Waals surface area contributed by atoms with Crippen molar-refractivity contribution >= 4 is 35.1 Å². The zero-order valence-electron chi connectivity index (χ0n) is 18.6. The number of urea groups is 1. The van der Waals surface area contributed by atoms with E-state index in [9.17, 15) is 14.0 Å². The molecule has 0 aliphatic rings. The van der Waals surface area contributed by atoms with Crippen LogP contribution in [0.25, 0.3) is 22.5 Å². The number of hydrogen-bond donors (Lipinski definition) is 3. The molecule has 0 saturated carbocycles. The van der Waals surface area contributed by atoms with Crippen LogP contribution >= 0.6 is 23.2 Å². The highest BCUT2D eigenvalue weighted by atomic mass is 35.5. The highest BCUT2D eigenvalue weighted by molar-refractivity contribution is 6.37. The van der Waals surface area contributed by atoms with E-state index < -0.39 is 17.8 Å². The van der Waals surface area contributed by atoms with Crippen molar-refractivity contribution in [3.63, 3.8) is 0 Å². The molecule has 186 valence electrons. The van der Waals surface area contributed by atoms with Gasteiger partial charge >= 0.3 is 11.9 Å². The molecule has 1 aromatic carbocycles. The topological polar surface area (TPSA) is 157 Å². The van der Waals surface area contributed by atoms with E-state index in [-0.39, 0.29) is 34.7 Å². The number of nitrogens with one attached hydrogen (secondary N) is 3. The molecule has 4 aromatic rings. The lowest BCUT2D eigenvalue weighted by molar-refractivity contribution is 0.0898. The molecule has 0 atom stereocenters. The molecule has 3 aromatic heterocycles. The van der Waals surface area contributed by atoms with E-state index in [0.717, 1.165) is 0 Å². The minimum absolute atomic E-state index is 0.0646. The van der Waals surface area contributed by atoms with Gasteiger partial charge in [0.2, 0.25) is 17.5 Å². The predicted octanol–water partition coefficient (Wildman–Crippen LogP) is 3.69. The minimum Gasteiger partial charge on any atom is -0.479 e. The molecule has 0 aliphatic heterocycles. The molecule has 15 heteroatoms. The van der Waals surface area contributed by atoms with Crippen LogP contribution in [0.5, 0.6) is 5.88 Å². The van der Waals surface area contributed by atoms with Crippen LogP contribution in [-0.4, -0.2) is 39.3 Å². The summed E-state index contributed by atoms with van der Waals surface area (Å²) < 4.78 is 29.4. The Bertz CT molecular complexity index is 1440. The number of halogens is 3. The third-order valence-electron chi connectivity index (χ3n) is 4.66. The van der Waals surface area contributed by atoms with Gasteiger partial charge in [-0.25, -0.2) is 14.6 Å². The lowest BCUT2D eigenvalue weighted by atomic mass is 10.00. The largest absolute Gasteiger partial charge is 0.479 e. The molecule has 0 spiro atoms. The van der Waals surface area contributed by atoms with Crippen molar-refractivity contribution in [3.8, 4) is 28.4 Å². The highest BCUT2D eigenvalue weighted by Crippen LogP contribution is 2.38. The van der Waals surface area contributed by atoms with Gasteiger partial charge in [-0.05, 0) is 28.9 Å². The second kappa shape index (κ2) is 10.6. The fourth-order valence-electron chi connectivity index (χ4n) is 3.02. The Morgan fingerprint density at radius 3 is 2.58 bits per heavy atom. The normalized spacial score (nSPS) is 10.7. The fourth-order valence-corrected chi connectivity index (χ4v) is 3.60. The maximum atomic E-state index is 14.8. The van der Waals surface area contributed by atoms with Gasteiger partial charge in [0.05, 0.1) is 30.4 Å². The summed E-state index contributed by atoms with van der Waals surface area (Å²) in [4.78, 5) is 32.2. The first kappa shape index (κ1) is 24.9. The van der Waals surface area contributed by atoms with E-state index >= 15 is 0 Å². The Hall–Kier alpha value is -4.23. The third-order valence-corrected chi connectivity index (χ3v) is 5.18. The van der Waals surface area contributed by atoms with Gasteiger partial charge in [0.1, 0.15) is 5.82 Å². The number of ether oxygens (including phenoxy) is 1. The van der Waals surface area contributed by atoms with Gasteiger partial charge in [-0.3, -0.25) is 15.2 Å². The number of benzene rings is 1. The summed E-state index contributed by atoms with van der Waals surface area (Å²) >= 11 is 12.5. The Morgan fingerprint density at radius 1 is 1.11 bits per heavy atom. The highest BCUT2D eigenvalue weighted by Gasteiger charge is 2.20. The summed E-state index contributed by atoms with van der Waals surface area (Å²) in [6.45, 7) is 1.34. The van der Waals surface area contributed by atoms with Gasteiger partial charge in [-0.15, -0.1) is 0 Å². The number of aryl methyl sites for hydroxylation is 1. The number of rotatable bonds is 6. The van der Waals surface area contributed by atoms with Crippen LogP contribution in [-0.2, 0) is 6.54 Å². The standard InChI is InChI=1S/C21H16Cl2FN7O5/c1-9-27-19(31-35-9)18-12(4-11(22)5-13(18)23)10-3-14(24)15(25-7-10)8-26-21(33)29-28-20(32)16-6-17(34-2)30-36-16/h3-7H,8H2,1-2H3,(H,28,32)(H2,26,29,33). The van der Waals surface area contributed by atoms with Crippen LogP contribution in [0.3, 0.4) is 0 Å². The molecule has 0 fully saturated rings. The number of carbonyl (C=O) groups excluding carboxylic acids is 2. The number of nitrogens with zero attached hydrogens (tertiary/aromatic N) is 4. The summed E-state index contributed by atoms with van der Waals surface area (Å²) in [6, 6.07) is 4.69. The second-order valence-corrected chi connectivity index (χ2v) is 7.94. The maximum Gasteiger partial charge on any atom is 0.333 e. The van der Waals surface area contributed by atoms with Gasteiger partial charge in [0.25, 0.3) is 5.88 Å². The fraction of sp³-hybridized carbons (Fsp3) is 0.143. The van der Waals surface area contributed by atoms with Crippen molar-refractivity contribution in [2.75, 3.05) is 7.11 Å². The van der Waals surface area contributed by atoms with E-state index in [1.54, 1.807) is 13.0 Å². The lowest BCUT2D eigenvalue weighted by Crippen LogP contribution is -2.46. The predicted molar refractivity (Wildman–Crippen MR) is 124 cm³/mol. The van der Waals surface area contributed by atoms with Crippen LogP contribution in [0.15, 0.2) is 39.5 Å². The molecule has 0 bridgehead atoms. The van der Waals surface area contributed by atoms with Crippen LogP contribution < -0.4 is 20.9 Å². The van der Waals surface area contributed by atoms with Crippen molar-refractivity contribution in [1.82, 2.24) is 36.4 Å². The number of methoxy groups -OCH3 is 1. The van der Waals surface area contributed by atoms with Gasteiger partial charge in [-0.2, -0.15) is 4.98 Å². The molecule has 3 amide bonds. The molecular formula is C21H16Cl2FN7O5. The van der Waals surface area contributed by atoms with Crippen LogP contribution in [0.2, 0.25) is 10.0 Å². The lowest BCUT2D eigenvalue weighted by Gasteiger charge is -2.12. The maximum absolute atomic E-state index is 14.8. The molecule has 0 saturated heterocycles. The quantitative estimate of drug-likeness (QED) is 0.313. The van der Waals surface area contributed by atoms with Crippen molar-refractivity contribution in [2.24, 2.45) is 0 Å². The second-order valence-electron chi connectivity index (χ2n) is 7.10. The first-order chi connectivity index (χ1) is 17.2. The molecule has 0 unspecified atom stereocenters. The molecule has 36 heavy (non-hydrogen) atoms.